The van der Waals surface area contributed by atoms with Gasteiger partial charge in [0, 0.05) is 5.41 Å². The second-order valence-corrected chi connectivity index (χ2v) is 3.22. The van der Waals surface area contributed by atoms with E-state index in [0.717, 1.165) is 12.8 Å². The van der Waals surface area contributed by atoms with Gasteiger partial charge in [0.1, 0.15) is 0 Å². The van der Waals surface area contributed by atoms with E-state index in [-0.39, 0.29) is 0 Å². The highest BCUT2D eigenvalue weighted by atomic mass is 14.3. The highest BCUT2D eigenvalue weighted by molar-refractivity contribution is 5.28. The van der Waals surface area contributed by atoms with Crippen LogP contribution in [0.15, 0.2) is 48.6 Å². The van der Waals surface area contributed by atoms with E-state index in [1.807, 2.05) is 0 Å². The molecule has 0 saturated heterocycles. The van der Waals surface area contributed by atoms with Gasteiger partial charge in [-0.15, -0.1) is 0 Å². The summed E-state index contributed by atoms with van der Waals surface area (Å²) in [7, 11) is 0. The van der Waals surface area contributed by atoms with Crippen molar-refractivity contribution in [2.45, 2.75) is 12.8 Å². The third-order valence-corrected chi connectivity index (χ3v) is 2.35. The van der Waals surface area contributed by atoms with Crippen molar-refractivity contribution in [3.05, 3.63) is 48.6 Å². The van der Waals surface area contributed by atoms with Crippen LogP contribution in [0.5, 0.6) is 0 Å². The predicted octanol–water partition coefficient (Wildman–Crippen LogP) is 3.01. The molecule has 0 N–H and O–H groups in total. The van der Waals surface area contributed by atoms with E-state index in [1.165, 1.54) is 0 Å². The van der Waals surface area contributed by atoms with Gasteiger partial charge in [-0.25, -0.2) is 0 Å². The maximum absolute atomic E-state index is 2.30. The smallest absolute Gasteiger partial charge is 0.0136 e. The molecule has 2 aliphatic carbocycles. The molecular weight excluding hydrogens is 132 g/mol. The standard InChI is InChI=1S/C11H12/c1-3-7-11(8-4-1)9-5-2-6-10-11/h1-7,9H,8,10H2. The van der Waals surface area contributed by atoms with Crippen LogP contribution in [0.2, 0.25) is 0 Å². The minimum Gasteiger partial charge on any atom is -0.0834 e. The lowest BCUT2D eigenvalue weighted by Crippen LogP contribution is -2.15. The fourth-order valence-corrected chi connectivity index (χ4v) is 1.64. The Kier molecular flexibility index (Phi) is 1.54. The van der Waals surface area contributed by atoms with Crippen LogP contribution in [-0.4, -0.2) is 0 Å². The van der Waals surface area contributed by atoms with Crippen molar-refractivity contribution in [1.82, 2.24) is 0 Å². The van der Waals surface area contributed by atoms with E-state index in [2.05, 4.69) is 48.6 Å². The molecule has 0 saturated carbocycles. The molecule has 1 spiro atoms. The first-order chi connectivity index (χ1) is 5.41. The average Bonchev–Trinajstić information content (AvgIpc) is 2.07. The third kappa shape index (κ3) is 1.21. The lowest BCUT2D eigenvalue weighted by Gasteiger charge is -2.27. The molecular formula is C11H12. The van der Waals surface area contributed by atoms with Crippen LogP contribution in [0.3, 0.4) is 0 Å². The van der Waals surface area contributed by atoms with E-state index < -0.39 is 0 Å². The first-order valence-electron chi connectivity index (χ1n) is 4.10. The van der Waals surface area contributed by atoms with Crippen molar-refractivity contribution < 1.29 is 0 Å². The minimum absolute atomic E-state index is 0.323. The Morgan fingerprint density at radius 2 is 1.27 bits per heavy atom. The van der Waals surface area contributed by atoms with Crippen LogP contribution in [-0.2, 0) is 0 Å². The first kappa shape index (κ1) is 6.66. The Morgan fingerprint density at radius 3 is 1.64 bits per heavy atom. The van der Waals surface area contributed by atoms with Gasteiger partial charge in [-0.05, 0) is 12.8 Å². The summed E-state index contributed by atoms with van der Waals surface area (Å²) in [4.78, 5) is 0. The van der Waals surface area contributed by atoms with Gasteiger partial charge >= 0.3 is 0 Å². The van der Waals surface area contributed by atoms with Crippen molar-refractivity contribution in [3.63, 3.8) is 0 Å². The maximum atomic E-state index is 2.30. The SMILES string of the molecule is C1=CCC2(C=C1)C=CC=CC2. The summed E-state index contributed by atoms with van der Waals surface area (Å²) in [5, 5.41) is 0. The van der Waals surface area contributed by atoms with Crippen molar-refractivity contribution in [2.24, 2.45) is 5.41 Å². The van der Waals surface area contributed by atoms with Gasteiger partial charge in [0.15, 0.2) is 0 Å². The van der Waals surface area contributed by atoms with Gasteiger partial charge in [-0.1, -0.05) is 48.6 Å². The molecule has 0 aromatic heterocycles. The zero-order valence-corrected chi connectivity index (χ0v) is 6.53. The van der Waals surface area contributed by atoms with E-state index in [1.54, 1.807) is 0 Å². The Bertz CT molecular complexity index is 223. The lowest BCUT2D eigenvalue weighted by molar-refractivity contribution is 0.498. The zero-order chi connectivity index (χ0) is 7.57. The van der Waals surface area contributed by atoms with E-state index >= 15 is 0 Å². The number of hydrogen-bond donors (Lipinski definition) is 0. The van der Waals surface area contributed by atoms with Crippen molar-refractivity contribution in [1.29, 1.82) is 0 Å². The van der Waals surface area contributed by atoms with Crippen LogP contribution >= 0.6 is 0 Å². The summed E-state index contributed by atoms with van der Waals surface area (Å²) in [6.45, 7) is 0. The van der Waals surface area contributed by atoms with Crippen LogP contribution in [0.1, 0.15) is 12.8 Å². The third-order valence-electron chi connectivity index (χ3n) is 2.35. The molecule has 56 valence electrons. The molecule has 2 aliphatic rings. The fraction of sp³-hybridized carbons (Fsp3) is 0.273. The molecule has 2 rings (SSSR count). The monoisotopic (exact) mass is 144 g/mol. The molecule has 0 unspecified atom stereocenters. The van der Waals surface area contributed by atoms with Crippen LogP contribution in [0.25, 0.3) is 0 Å². The molecule has 0 amide bonds. The normalized spacial score (nSPS) is 24.7. The molecule has 0 heteroatoms. The summed E-state index contributed by atoms with van der Waals surface area (Å²) in [5.74, 6) is 0. The second-order valence-electron chi connectivity index (χ2n) is 3.22. The lowest BCUT2D eigenvalue weighted by atomic mass is 9.77. The first-order valence-corrected chi connectivity index (χ1v) is 4.10. The molecule has 0 heterocycles. The van der Waals surface area contributed by atoms with Gasteiger partial charge in [0.05, 0.1) is 0 Å². The highest BCUT2D eigenvalue weighted by Gasteiger charge is 2.22. The minimum atomic E-state index is 0.323. The Labute approximate surface area is 67.6 Å². The molecule has 0 radical (unpaired) electrons. The molecule has 0 bridgehead atoms. The van der Waals surface area contributed by atoms with Crippen molar-refractivity contribution in [2.75, 3.05) is 0 Å². The second kappa shape index (κ2) is 2.54. The Morgan fingerprint density at radius 1 is 0.727 bits per heavy atom. The number of rotatable bonds is 0. The molecule has 0 fully saturated rings. The van der Waals surface area contributed by atoms with Crippen molar-refractivity contribution in [3.8, 4) is 0 Å². The summed E-state index contributed by atoms with van der Waals surface area (Å²) < 4.78 is 0. The Balaban J connectivity index is 2.24. The molecule has 0 aliphatic heterocycles. The molecule has 0 atom stereocenters. The van der Waals surface area contributed by atoms with Crippen LogP contribution in [0.4, 0.5) is 0 Å². The molecule has 11 heavy (non-hydrogen) atoms. The van der Waals surface area contributed by atoms with Gasteiger partial charge in [0.25, 0.3) is 0 Å². The van der Waals surface area contributed by atoms with Gasteiger partial charge in [0.2, 0.25) is 0 Å². The van der Waals surface area contributed by atoms with Gasteiger partial charge in [-0.2, -0.15) is 0 Å². The molecule has 0 aromatic carbocycles. The zero-order valence-electron chi connectivity index (χ0n) is 6.53. The molecule has 0 aromatic rings. The predicted molar refractivity (Wildman–Crippen MR) is 48.2 cm³/mol. The maximum Gasteiger partial charge on any atom is 0.0136 e. The van der Waals surface area contributed by atoms with Crippen molar-refractivity contribution >= 4 is 0 Å². The highest BCUT2D eigenvalue weighted by Crippen LogP contribution is 2.35. The average molecular weight is 144 g/mol. The summed E-state index contributed by atoms with van der Waals surface area (Å²) in [6, 6.07) is 0. The summed E-state index contributed by atoms with van der Waals surface area (Å²) in [6.07, 6.45) is 19.9. The largest absolute Gasteiger partial charge is 0.0834 e. The molecule has 0 nitrogen and oxygen atoms in total. The van der Waals surface area contributed by atoms with E-state index in [9.17, 15) is 0 Å². The number of allylic oxidation sites excluding steroid dienone is 8. The van der Waals surface area contributed by atoms with Gasteiger partial charge < -0.3 is 0 Å². The van der Waals surface area contributed by atoms with Crippen LogP contribution in [0, 0.1) is 5.41 Å². The van der Waals surface area contributed by atoms with Gasteiger partial charge in [-0.3, -0.25) is 0 Å². The fourth-order valence-electron chi connectivity index (χ4n) is 1.64. The van der Waals surface area contributed by atoms with E-state index in [0.29, 0.717) is 5.41 Å². The summed E-state index contributed by atoms with van der Waals surface area (Å²) >= 11 is 0. The Hall–Kier alpha value is -1.04. The summed E-state index contributed by atoms with van der Waals surface area (Å²) in [5.41, 5.74) is 0.323. The topological polar surface area (TPSA) is 0 Å². The van der Waals surface area contributed by atoms with E-state index in [4.69, 9.17) is 0 Å². The van der Waals surface area contributed by atoms with Crippen LogP contribution < -0.4 is 0 Å². The number of hydrogen-bond acceptors (Lipinski definition) is 0. The quantitative estimate of drug-likeness (QED) is 0.490.